The molecule has 1 heterocycles. The normalized spacial score (nSPS) is 14.1. The number of hydrogen-bond donors (Lipinski definition) is 1. The second kappa shape index (κ2) is 7.82. The average molecular weight is 403 g/mol. The first-order chi connectivity index (χ1) is 13.3. The number of carbonyl (C=O) groups is 3. The molecule has 0 fully saturated rings. The summed E-state index contributed by atoms with van der Waals surface area (Å²) in [5.74, 6) is -2.29. The third kappa shape index (κ3) is 3.89. The SMILES string of the molecule is CC(C)OC(=O)c1ccc(N2C(=O)C(Cl)=C(Nc3ccc(F)cc3)C2=O)cc1. The Labute approximate surface area is 165 Å². The lowest BCUT2D eigenvalue weighted by molar-refractivity contribution is -0.120. The molecule has 6 nitrogen and oxygen atoms in total. The molecule has 1 N–H and O–H groups in total. The van der Waals surface area contributed by atoms with Crippen LogP contribution in [0, 0.1) is 5.82 Å². The van der Waals surface area contributed by atoms with E-state index in [0.717, 1.165) is 4.90 Å². The molecule has 1 aliphatic rings. The molecule has 2 aromatic rings. The molecule has 0 atom stereocenters. The van der Waals surface area contributed by atoms with E-state index in [0.29, 0.717) is 11.3 Å². The molecule has 0 saturated heterocycles. The first kappa shape index (κ1) is 19.6. The highest BCUT2D eigenvalue weighted by Crippen LogP contribution is 2.30. The summed E-state index contributed by atoms with van der Waals surface area (Å²) in [6, 6.07) is 11.1. The number of nitrogens with zero attached hydrogens (tertiary/aromatic N) is 1. The Morgan fingerprint density at radius 1 is 1.04 bits per heavy atom. The Morgan fingerprint density at radius 2 is 1.64 bits per heavy atom. The van der Waals surface area contributed by atoms with E-state index in [4.69, 9.17) is 16.3 Å². The summed E-state index contributed by atoms with van der Waals surface area (Å²) >= 11 is 6.05. The van der Waals surface area contributed by atoms with Gasteiger partial charge in [-0.25, -0.2) is 14.1 Å². The minimum atomic E-state index is -0.700. The zero-order valence-corrected chi connectivity index (χ0v) is 15.8. The number of rotatable bonds is 5. The molecule has 0 saturated carbocycles. The van der Waals surface area contributed by atoms with Gasteiger partial charge in [0.15, 0.2) is 0 Å². The van der Waals surface area contributed by atoms with Crippen molar-refractivity contribution in [3.8, 4) is 0 Å². The van der Waals surface area contributed by atoms with Crippen molar-refractivity contribution in [2.24, 2.45) is 0 Å². The Morgan fingerprint density at radius 3 is 2.21 bits per heavy atom. The van der Waals surface area contributed by atoms with Crippen molar-refractivity contribution in [3.05, 3.63) is 70.6 Å². The lowest BCUT2D eigenvalue weighted by Crippen LogP contribution is -2.32. The molecule has 0 unspecified atom stereocenters. The molecule has 0 bridgehead atoms. The zero-order chi connectivity index (χ0) is 20.4. The molecule has 2 amide bonds. The molecule has 0 aromatic heterocycles. The van der Waals surface area contributed by atoms with Crippen LogP contribution in [0.4, 0.5) is 15.8 Å². The largest absolute Gasteiger partial charge is 0.459 e. The van der Waals surface area contributed by atoms with Gasteiger partial charge in [0.25, 0.3) is 11.8 Å². The van der Waals surface area contributed by atoms with Gasteiger partial charge in [0.2, 0.25) is 0 Å². The monoisotopic (exact) mass is 402 g/mol. The number of hydrogen-bond acceptors (Lipinski definition) is 5. The standard InChI is InChI=1S/C20H16ClFN2O4/c1-11(2)28-20(27)12-3-9-15(10-4-12)24-18(25)16(21)17(19(24)26)23-14-7-5-13(22)6-8-14/h3-11,23H,1-2H3. The number of anilines is 2. The molecule has 28 heavy (non-hydrogen) atoms. The van der Waals surface area contributed by atoms with Gasteiger partial charge in [-0.2, -0.15) is 0 Å². The highest BCUT2D eigenvalue weighted by Gasteiger charge is 2.39. The molecule has 0 spiro atoms. The number of benzene rings is 2. The maximum atomic E-state index is 13.0. The van der Waals surface area contributed by atoms with Crippen LogP contribution in [0.2, 0.25) is 0 Å². The van der Waals surface area contributed by atoms with E-state index < -0.39 is 23.6 Å². The number of ether oxygens (including phenoxy) is 1. The molecule has 2 aromatic carbocycles. The number of amides is 2. The molecule has 0 aliphatic carbocycles. The third-order valence-corrected chi connectivity index (χ3v) is 4.20. The van der Waals surface area contributed by atoms with E-state index in [1.54, 1.807) is 13.8 Å². The Bertz CT molecular complexity index is 969. The summed E-state index contributed by atoms with van der Waals surface area (Å²) in [7, 11) is 0. The van der Waals surface area contributed by atoms with Crippen LogP contribution in [0.1, 0.15) is 24.2 Å². The van der Waals surface area contributed by atoms with E-state index in [-0.39, 0.29) is 22.5 Å². The van der Waals surface area contributed by atoms with Gasteiger partial charge in [-0.05, 0) is 62.4 Å². The van der Waals surface area contributed by atoms with Gasteiger partial charge >= 0.3 is 5.97 Å². The molecule has 144 valence electrons. The molecular formula is C20H16ClFN2O4. The van der Waals surface area contributed by atoms with Crippen molar-refractivity contribution < 1.29 is 23.5 Å². The van der Waals surface area contributed by atoms with Crippen LogP contribution in [-0.2, 0) is 14.3 Å². The van der Waals surface area contributed by atoms with Crippen LogP contribution in [0.25, 0.3) is 0 Å². The number of esters is 1. The fraction of sp³-hybridized carbons (Fsp3) is 0.150. The minimum absolute atomic E-state index is 0.110. The fourth-order valence-corrected chi connectivity index (χ4v) is 2.76. The molecule has 0 radical (unpaired) electrons. The summed E-state index contributed by atoms with van der Waals surface area (Å²) in [6.07, 6.45) is -0.267. The summed E-state index contributed by atoms with van der Waals surface area (Å²) in [6.45, 7) is 3.47. The quantitative estimate of drug-likeness (QED) is 0.607. The molecule has 3 rings (SSSR count). The van der Waals surface area contributed by atoms with E-state index in [1.165, 1.54) is 48.5 Å². The van der Waals surface area contributed by atoms with Crippen LogP contribution in [-0.4, -0.2) is 23.9 Å². The maximum absolute atomic E-state index is 13.0. The van der Waals surface area contributed by atoms with Crippen LogP contribution >= 0.6 is 11.6 Å². The Hall–Kier alpha value is -3.19. The summed E-state index contributed by atoms with van der Waals surface area (Å²) in [4.78, 5) is 38.0. The van der Waals surface area contributed by atoms with Crippen molar-refractivity contribution >= 4 is 40.8 Å². The number of carbonyl (C=O) groups excluding carboxylic acids is 3. The molecule has 1 aliphatic heterocycles. The smallest absolute Gasteiger partial charge is 0.338 e. The predicted octanol–water partition coefficient (Wildman–Crippen LogP) is 3.83. The van der Waals surface area contributed by atoms with Gasteiger partial charge in [-0.1, -0.05) is 11.6 Å². The zero-order valence-electron chi connectivity index (χ0n) is 15.0. The molecular weight excluding hydrogens is 387 g/mol. The first-order valence-electron chi connectivity index (χ1n) is 8.40. The van der Waals surface area contributed by atoms with E-state index >= 15 is 0 Å². The van der Waals surface area contributed by atoms with Crippen molar-refractivity contribution in [1.82, 2.24) is 0 Å². The van der Waals surface area contributed by atoms with Crippen LogP contribution in [0.15, 0.2) is 59.3 Å². The van der Waals surface area contributed by atoms with Gasteiger partial charge in [0.05, 0.1) is 17.4 Å². The van der Waals surface area contributed by atoms with Gasteiger partial charge in [0.1, 0.15) is 16.5 Å². The summed E-state index contributed by atoms with van der Waals surface area (Å²) in [5, 5.41) is 2.46. The second-order valence-corrected chi connectivity index (χ2v) is 6.65. The third-order valence-electron chi connectivity index (χ3n) is 3.84. The van der Waals surface area contributed by atoms with Crippen molar-refractivity contribution in [2.45, 2.75) is 20.0 Å². The average Bonchev–Trinajstić information content (AvgIpc) is 2.86. The van der Waals surface area contributed by atoms with Crippen LogP contribution < -0.4 is 10.2 Å². The Balaban J connectivity index is 1.81. The van der Waals surface area contributed by atoms with Gasteiger partial charge < -0.3 is 10.1 Å². The van der Waals surface area contributed by atoms with E-state index in [2.05, 4.69) is 5.32 Å². The van der Waals surface area contributed by atoms with Gasteiger partial charge in [0, 0.05) is 5.69 Å². The number of halogens is 2. The van der Waals surface area contributed by atoms with Crippen LogP contribution in [0.5, 0.6) is 0 Å². The van der Waals surface area contributed by atoms with Gasteiger partial charge in [-0.3, -0.25) is 9.59 Å². The molecule has 8 heteroatoms. The lowest BCUT2D eigenvalue weighted by atomic mass is 10.2. The lowest BCUT2D eigenvalue weighted by Gasteiger charge is -2.15. The number of imide groups is 1. The van der Waals surface area contributed by atoms with E-state index in [1.807, 2.05) is 0 Å². The highest BCUT2D eigenvalue weighted by molar-refractivity contribution is 6.53. The minimum Gasteiger partial charge on any atom is -0.459 e. The van der Waals surface area contributed by atoms with Gasteiger partial charge in [-0.15, -0.1) is 0 Å². The summed E-state index contributed by atoms with van der Waals surface area (Å²) in [5.41, 5.74) is 0.844. The maximum Gasteiger partial charge on any atom is 0.338 e. The second-order valence-electron chi connectivity index (χ2n) is 6.27. The van der Waals surface area contributed by atoms with Crippen molar-refractivity contribution in [2.75, 3.05) is 10.2 Å². The topological polar surface area (TPSA) is 75.7 Å². The van der Waals surface area contributed by atoms with Crippen LogP contribution in [0.3, 0.4) is 0 Å². The van der Waals surface area contributed by atoms with E-state index in [9.17, 15) is 18.8 Å². The highest BCUT2D eigenvalue weighted by atomic mass is 35.5. The Kier molecular flexibility index (Phi) is 5.46. The van der Waals surface area contributed by atoms with Crippen molar-refractivity contribution in [1.29, 1.82) is 0 Å². The number of nitrogens with one attached hydrogen (secondary N) is 1. The fourth-order valence-electron chi connectivity index (χ4n) is 2.55. The predicted molar refractivity (Wildman–Crippen MR) is 102 cm³/mol. The first-order valence-corrected chi connectivity index (χ1v) is 8.78. The summed E-state index contributed by atoms with van der Waals surface area (Å²) < 4.78 is 18.1. The van der Waals surface area contributed by atoms with Crippen molar-refractivity contribution in [3.63, 3.8) is 0 Å².